The molecule has 1 aliphatic rings. The average molecular weight is 476 g/mol. The van der Waals surface area contributed by atoms with Gasteiger partial charge in [-0.3, -0.25) is 4.79 Å². The van der Waals surface area contributed by atoms with Gasteiger partial charge in [0, 0.05) is 0 Å². The number of aliphatic hydroxyl groups is 8. The maximum atomic E-state index is 12.0. The van der Waals surface area contributed by atoms with Crippen molar-refractivity contribution in [2.45, 2.75) is 55.1 Å². The van der Waals surface area contributed by atoms with Crippen LogP contribution in [0, 0.1) is 0 Å². The Morgan fingerprint density at radius 3 is 2.39 bits per heavy atom. The summed E-state index contributed by atoms with van der Waals surface area (Å²) >= 11 is 0. The third-order valence-corrected chi connectivity index (χ3v) is 4.93. The lowest BCUT2D eigenvalue weighted by Gasteiger charge is -2.42. The molecule has 14 nitrogen and oxygen atoms in total. The van der Waals surface area contributed by atoms with Crippen LogP contribution in [0.25, 0.3) is 0 Å². The fraction of sp³-hybridized carbons (Fsp3) is 0.579. The smallest absolute Gasteiger partial charge is 0.275 e. The number of carbonyl (C=O) groups excluding carboxylic acids is 1. The van der Waals surface area contributed by atoms with Gasteiger partial charge in [-0.1, -0.05) is 12.1 Å². The number of ether oxygens (including phenoxy) is 2. The predicted octanol–water partition coefficient (Wildman–Crippen LogP) is -4.63. The molecular weight excluding hydrogens is 448 g/mol. The zero-order valence-electron chi connectivity index (χ0n) is 17.2. The summed E-state index contributed by atoms with van der Waals surface area (Å²) < 4.78 is 10.4. The molecule has 2 rings (SSSR count). The first-order valence-corrected chi connectivity index (χ1v) is 9.84. The molecule has 0 saturated carbocycles. The number of hydrogen-bond acceptors (Lipinski definition) is 13. The van der Waals surface area contributed by atoms with Gasteiger partial charge < -0.3 is 55.4 Å². The highest BCUT2D eigenvalue weighted by molar-refractivity contribution is 5.96. The standard InChI is InChI=1S/C19H28N2O12/c22-6-11(26)17(33-19-16(30)15(29)14(28)12(7-23)32-19)13(27)10(25)5-20-21-18(31)8-3-1-2-4-9(8)24/h1-5,10-17,19,22-30H,6-7H2,(H,21,31). The molecule has 0 spiro atoms. The minimum Gasteiger partial charge on any atom is -0.507 e. The van der Waals surface area contributed by atoms with Gasteiger partial charge in [0.1, 0.15) is 54.6 Å². The summed E-state index contributed by atoms with van der Waals surface area (Å²) in [4.78, 5) is 12.0. The number of hydrogen-bond donors (Lipinski definition) is 10. The number of phenols is 1. The van der Waals surface area contributed by atoms with E-state index in [-0.39, 0.29) is 11.3 Å². The zero-order chi connectivity index (χ0) is 24.7. The number of aliphatic hydroxyl groups excluding tert-OH is 8. The van der Waals surface area contributed by atoms with E-state index in [2.05, 4.69) is 5.10 Å². The van der Waals surface area contributed by atoms with E-state index in [0.29, 0.717) is 6.21 Å². The molecule has 14 heteroatoms. The molecule has 0 bridgehead atoms. The monoisotopic (exact) mass is 476 g/mol. The molecule has 0 aliphatic carbocycles. The lowest BCUT2D eigenvalue weighted by atomic mass is 9.98. The van der Waals surface area contributed by atoms with E-state index in [0.717, 1.165) is 0 Å². The number of benzene rings is 1. The summed E-state index contributed by atoms with van der Waals surface area (Å²) in [5, 5.41) is 91.8. The summed E-state index contributed by atoms with van der Waals surface area (Å²) in [5.41, 5.74) is 1.91. The summed E-state index contributed by atoms with van der Waals surface area (Å²) in [5.74, 6) is -1.14. The van der Waals surface area contributed by atoms with Crippen LogP contribution in [0.2, 0.25) is 0 Å². The SMILES string of the molecule is O=C(NN=CC(O)C(O)C(OC1OC(CO)C(O)C(O)C1O)C(O)CO)c1ccccc1O. The van der Waals surface area contributed by atoms with Crippen molar-refractivity contribution in [3.63, 3.8) is 0 Å². The van der Waals surface area contributed by atoms with E-state index in [1.54, 1.807) is 0 Å². The first-order valence-electron chi connectivity index (χ1n) is 9.84. The molecule has 1 saturated heterocycles. The van der Waals surface area contributed by atoms with Crippen LogP contribution in [0.5, 0.6) is 5.75 Å². The van der Waals surface area contributed by atoms with Crippen molar-refractivity contribution >= 4 is 12.1 Å². The minimum absolute atomic E-state index is 0.107. The third-order valence-electron chi connectivity index (χ3n) is 4.93. The van der Waals surface area contributed by atoms with Gasteiger partial charge in [0.05, 0.1) is 25.0 Å². The highest BCUT2D eigenvalue weighted by Crippen LogP contribution is 2.25. The maximum Gasteiger partial charge on any atom is 0.275 e. The van der Waals surface area contributed by atoms with Crippen LogP contribution >= 0.6 is 0 Å². The Balaban J connectivity index is 2.06. The molecule has 10 N–H and O–H groups in total. The van der Waals surface area contributed by atoms with Crippen LogP contribution in [0.15, 0.2) is 29.4 Å². The normalized spacial score (nSPS) is 29.4. The van der Waals surface area contributed by atoms with Crippen molar-refractivity contribution in [3.05, 3.63) is 29.8 Å². The van der Waals surface area contributed by atoms with Gasteiger partial charge in [-0.15, -0.1) is 0 Å². The Morgan fingerprint density at radius 2 is 1.79 bits per heavy atom. The van der Waals surface area contributed by atoms with Crippen LogP contribution in [-0.2, 0) is 9.47 Å². The Bertz CT molecular complexity index is 794. The fourth-order valence-corrected chi connectivity index (χ4v) is 3.02. The van der Waals surface area contributed by atoms with Gasteiger partial charge in [0.25, 0.3) is 5.91 Å². The van der Waals surface area contributed by atoms with Crippen LogP contribution in [0.1, 0.15) is 10.4 Å². The molecule has 1 aliphatic heterocycles. The Labute approximate surface area is 187 Å². The number of aromatic hydroxyl groups is 1. The summed E-state index contributed by atoms with van der Waals surface area (Å²) in [7, 11) is 0. The zero-order valence-corrected chi connectivity index (χ0v) is 17.2. The molecule has 0 radical (unpaired) electrons. The number of phenolic OH excluding ortho intramolecular Hbond substituents is 1. The van der Waals surface area contributed by atoms with Crippen molar-refractivity contribution in [2.75, 3.05) is 13.2 Å². The number of nitrogens with zero attached hydrogens (tertiary/aromatic N) is 1. The molecular formula is C19H28N2O12. The second-order valence-corrected chi connectivity index (χ2v) is 7.27. The summed E-state index contributed by atoms with van der Waals surface area (Å²) in [6.45, 7) is -1.71. The Morgan fingerprint density at radius 1 is 1.12 bits per heavy atom. The highest BCUT2D eigenvalue weighted by atomic mass is 16.7. The molecule has 1 heterocycles. The van der Waals surface area contributed by atoms with Crippen molar-refractivity contribution in [1.82, 2.24) is 5.43 Å². The average Bonchev–Trinajstić information content (AvgIpc) is 2.81. The Kier molecular flexibility index (Phi) is 10.1. The highest BCUT2D eigenvalue weighted by Gasteiger charge is 2.46. The minimum atomic E-state index is -2.00. The van der Waals surface area contributed by atoms with Gasteiger partial charge in [-0.05, 0) is 12.1 Å². The molecule has 9 atom stereocenters. The lowest BCUT2D eigenvalue weighted by Crippen LogP contribution is -2.61. The topological polar surface area (TPSA) is 242 Å². The second-order valence-electron chi connectivity index (χ2n) is 7.27. The summed E-state index contributed by atoms with van der Waals surface area (Å²) in [6.07, 6.45) is -15.3. The maximum absolute atomic E-state index is 12.0. The van der Waals surface area contributed by atoms with Crippen LogP contribution < -0.4 is 5.43 Å². The van der Waals surface area contributed by atoms with E-state index < -0.39 is 74.2 Å². The molecule has 186 valence electrons. The van der Waals surface area contributed by atoms with E-state index in [4.69, 9.17) is 9.47 Å². The quantitative estimate of drug-likeness (QED) is 0.113. The van der Waals surface area contributed by atoms with Crippen LogP contribution in [0.3, 0.4) is 0 Å². The van der Waals surface area contributed by atoms with Crippen molar-refractivity contribution in [1.29, 1.82) is 0 Å². The molecule has 33 heavy (non-hydrogen) atoms. The predicted molar refractivity (Wildman–Crippen MR) is 108 cm³/mol. The van der Waals surface area contributed by atoms with E-state index in [1.165, 1.54) is 24.3 Å². The summed E-state index contributed by atoms with van der Waals surface area (Å²) in [6, 6.07) is 5.58. The second kappa shape index (κ2) is 12.3. The first kappa shape index (κ1) is 27.0. The number of amides is 1. The number of nitrogens with one attached hydrogen (secondary N) is 1. The molecule has 0 aromatic heterocycles. The molecule has 1 fully saturated rings. The van der Waals surface area contributed by atoms with E-state index in [9.17, 15) is 50.8 Å². The molecule has 1 amide bonds. The van der Waals surface area contributed by atoms with Gasteiger partial charge in [0.2, 0.25) is 0 Å². The van der Waals surface area contributed by atoms with Gasteiger partial charge in [-0.25, -0.2) is 5.43 Å². The largest absolute Gasteiger partial charge is 0.507 e. The third kappa shape index (κ3) is 6.64. The molecule has 9 unspecified atom stereocenters. The van der Waals surface area contributed by atoms with Gasteiger partial charge in [-0.2, -0.15) is 5.10 Å². The van der Waals surface area contributed by atoms with Crippen LogP contribution in [0.4, 0.5) is 0 Å². The van der Waals surface area contributed by atoms with Crippen molar-refractivity contribution in [2.24, 2.45) is 5.10 Å². The number of rotatable bonds is 10. The van der Waals surface area contributed by atoms with Crippen molar-refractivity contribution < 1.29 is 60.2 Å². The molecule has 1 aromatic carbocycles. The Hall–Kier alpha value is -2.24. The lowest BCUT2D eigenvalue weighted by molar-refractivity contribution is -0.326. The van der Waals surface area contributed by atoms with Gasteiger partial charge in [0.15, 0.2) is 6.29 Å². The fourth-order valence-electron chi connectivity index (χ4n) is 3.02. The number of para-hydroxylation sites is 1. The molecule has 1 aromatic rings. The van der Waals surface area contributed by atoms with Crippen molar-refractivity contribution in [3.8, 4) is 5.75 Å². The van der Waals surface area contributed by atoms with E-state index in [1.807, 2.05) is 5.43 Å². The first-order chi connectivity index (χ1) is 15.6. The number of hydrazone groups is 1. The number of carbonyl (C=O) groups is 1. The van der Waals surface area contributed by atoms with Crippen LogP contribution in [-0.4, -0.2) is 126 Å². The van der Waals surface area contributed by atoms with Gasteiger partial charge >= 0.3 is 0 Å². The van der Waals surface area contributed by atoms with E-state index >= 15 is 0 Å².